The van der Waals surface area contributed by atoms with E-state index in [2.05, 4.69) is 14.9 Å². The van der Waals surface area contributed by atoms with Crippen molar-refractivity contribution in [1.29, 1.82) is 0 Å². The van der Waals surface area contributed by atoms with Gasteiger partial charge >= 0.3 is 6.36 Å². The van der Waals surface area contributed by atoms with Crippen molar-refractivity contribution in [3.63, 3.8) is 0 Å². The lowest BCUT2D eigenvalue weighted by Gasteiger charge is -2.09. The van der Waals surface area contributed by atoms with Crippen LogP contribution < -0.4 is 15.2 Å². The van der Waals surface area contributed by atoms with Crippen LogP contribution in [0.15, 0.2) is 40.9 Å². The van der Waals surface area contributed by atoms with Gasteiger partial charge in [-0.15, -0.1) is 13.2 Å². The number of benzene rings is 1. The lowest BCUT2D eigenvalue weighted by Crippen LogP contribution is -2.16. The summed E-state index contributed by atoms with van der Waals surface area (Å²) in [7, 11) is 0. The molecule has 0 bridgehead atoms. The summed E-state index contributed by atoms with van der Waals surface area (Å²) < 4.78 is 50.2. The quantitative estimate of drug-likeness (QED) is 0.797. The van der Waals surface area contributed by atoms with Crippen LogP contribution in [0.3, 0.4) is 0 Å². The van der Waals surface area contributed by atoms with Crippen LogP contribution in [0.5, 0.6) is 17.4 Å². The molecule has 0 unspecified atom stereocenters. The molecule has 3 aromatic rings. The smallest absolute Gasteiger partial charge is 0.439 e. The van der Waals surface area contributed by atoms with Crippen LogP contribution in [-0.2, 0) is 0 Å². The van der Waals surface area contributed by atoms with E-state index in [1.807, 2.05) is 0 Å². The largest absolute Gasteiger partial charge is 0.573 e. The van der Waals surface area contributed by atoms with E-state index in [1.165, 1.54) is 18.2 Å². The second-order valence-electron chi connectivity index (χ2n) is 4.19. The molecule has 3 rings (SSSR count). The molecule has 0 radical (unpaired) electrons. The minimum Gasteiger partial charge on any atom is -0.439 e. The summed E-state index contributed by atoms with van der Waals surface area (Å²) in [4.78, 5) is 4.03. The van der Waals surface area contributed by atoms with Gasteiger partial charge in [-0.1, -0.05) is 5.16 Å². The van der Waals surface area contributed by atoms with Crippen LogP contribution in [0.25, 0.3) is 11.1 Å². The number of fused-ring (bicyclic) bond motifs is 1. The monoisotopic (exact) mass is 311 g/mol. The molecule has 0 aliphatic rings. The number of ether oxygens (including phenoxy) is 2. The van der Waals surface area contributed by atoms with Crippen molar-refractivity contribution < 1.29 is 27.2 Å². The molecule has 0 spiro atoms. The van der Waals surface area contributed by atoms with Crippen molar-refractivity contribution in [2.45, 2.75) is 6.36 Å². The normalized spacial score (nSPS) is 11.6. The Balaban J connectivity index is 1.76. The number of anilines is 1. The fourth-order valence-electron chi connectivity index (χ4n) is 1.72. The Kier molecular flexibility index (Phi) is 3.24. The Morgan fingerprint density at radius 2 is 1.68 bits per heavy atom. The summed E-state index contributed by atoms with van der Waals surface area (Å²) in [5.41, 5.74) is 5.76. The highest BCUT2D eigenvalue weighted by atomic mass is 19.4. The average molecular weight is 311 g/mol. The van der Waals surface area contributed by atoms with Crippen LogP contribution in [0, 0.1) is 0 Å². The van der Waals surface area contributed by atoms with Gasteiger partial charge in [-0.05, 0) is 30.3 Å². The molecule has 6 nitrogen and oxygen atoms in total. The molecule has 0 saturated carbocycles. The predicted molar refractivity (Wildman–Crippen MR) is 69.4 cm³/mol. The van der Waals surface area contributed by atoms with Gasteiger partial charge in [-0.2, -0.15) is 4.98 Å². The van der Waals surface area contributed by atoms with Crippen LogP contribution in [0.4, 0.5) is 19.0 Å². The molecule has 0 saturated heterocycles. The molecule has 114 valence electrons. The third-order valence-corrected chi connectivity index (χ3v) is 2.62. The first-order valence-electron chi connectivity index (χ1n) is 5.96. The second-order valence-corrected chi connectivity index (χ2v) is 4.19. The molecule has 0 amide bonds. The molecule has 0 atom stereocenters. The van der Waals surface area contributed by atoms with Gasteiger partial charge in [0, 0.05) is 6.07 Å². The maximum Gasteiger partial charge on any atom is 0.573 e. The van der Waals surface area contributed by atoms with Crippen molar-refractivity contribution in [3.05, 3.63) is 36.4 Å². The maximum absolute atomic E-state index is 12.0. The zero-order chi connectivity index (χ0) is 15.7. The number of hydrogen-bond donors (Lipinski definition) is 1. The van der Waals surface area contributed by atoms with Gasteiger partial charge in [-0.3, -0.25) is 0 Å². The van der Waals surface area contributed by atoms with Gasteiger partial charge < -0.3 is 19.7 Å². The third kappa shape index (κ3) is 3.03. The molecule has 0 aliphatic heterocycles. The molecule has 22 heavy (non-hydrogen) atoms. The molecule has 1 aromatic carbocycles. The predicted octanol–water partition coefficient (Wildman–Crippen LogP) is 3.50. The highest BCUT2D eigenvalue weighted by Crippen LogP contribution is 2.28. The van der Waals surface area contributed by atoms with Crippen molar-refractivity contribution in [2.75, 3.05) is 5.73 Å². The van der Waals surface area contributed by atoms with E-state index >= 15 is 0 Å². The van der Waals surface area contributed by atoms with Crippen molar-refractivity contribution in [1.82, 2.24) is 10.1 Å². The summed E-state index contributed by atoms with van der Waals surface area (Å²) in [6, 6.07) is 8.06. The minimum absolute atomic E-state index is 0.188. The lowest BCUT2D eigenvalue weighted by atomic mass is 10.3. The molecule has 2 N–H and O–H groups in total. The van der Waals surface area contributed by atoms with Gasteiger partial charge in [0.2, 0.25) is 5.88 Å². The molecule has 9 heteroatoms. The van der Waals surface area contributed by atoms with E-state index in [0.29, 0.717) is 5.39 Å². The molecule has 0 fully saturated rings. The third-order valence-electron chi connectivity index (χ3n) is 2.62. The number of alkyl halides is 3. The summed E-state index contributed by atoms with van der Waals surface area (Å²) in [5, 5.41) is 4.09. The summed E-state index contributed by atoms with van der Waals surface area (Å²) in [6.45, 7) is 0. The number of nitrogens with zero attached hydrogens (tertiary/aromatic N) is 2. The topological polar surface area (TPSA) is 83.4 Å². The van der Waals surface area contributed by atoms with Crippen LogP contribution in [0.1, 0.15) is 0 Å². The van der Waals surface area contributed by atoms with Crippen molar-refractivity contribution in [2.24, 2.45) is 0 Å². The van der Waals surface area contributed by atoms with Crippen LogP contribution in [0.2, 0.25) is 0 Å². The number of nitrogens with two attached hydrogens (primary N) is 1. The fraction of sp³-hybridized carbons (Fsp3) is 0.0769. The number of aromatic nitrogens is 2. The number of nitrogen functional groups attached to an aromatic ring is 1. The van der Waals surface area contributed by atoms with E-state index in [0.717, 1.165) is 12.1 Å². The van der Waals surface area contributed by atoms with Gasteiger partial charge in [0.05, 0.1) is 5.39 Å². The van der Waals surface area contributed by atoms with Gasteiger partial charge in [0.25, 0.3) is 5.71 Å². The van der Waals surface area contributed by atoms with E-state index < -0.39 is 6.36 Å². The number of hydrogen-bond acceptors (Lipinski definition) is 6. The van der Waals surface area contributed by atoms with Crippen molar-refractivity contribution in [3.8, 4) is 17.4 Å². The van der Waals surface area contributed by atoms with Crippen molar-refractivity contribution >= 4 is 16.9 Å². The molecule has 0 aliphatic carbocycles. The zero-order valence-electron chi connectivity index (χ0n) is 10.8. The standard InChI is InChI=1S/C13H8F3N3O3/c14-13(15,16)21-8-3-1-7(2-4-8)20-10-6-5-9-11(17)19-22-12(9)18-10/h1-6H,(H2,17,19). The second kappa shape index (κ2) is 5.10. The number of halogens is 3. The van der Waals surface area contributed by atoms with Crippen LogP contribution >= 0.6 is 0 Å². The Hall–Kier alpha value is -2.97. The number of pyridine rings is 1. The lowest BCUT2D eigenvalue weighted by molar-refractivity contribution is -0.274. The molecule has 2 aromatic heterocycles. The number of rotatable bonds is 3. The maximum atomic E-state index is 12.0. The van der Waals surface area contributed by atoms with Crippen LogP contribution in [-0.4, -0.2) is 16.5 Å². The molecular weight excluding hydrogens is 303 g/mol. The molecular formula is C13H8F3N3O3. The van der Waals surface area contributed by atoms with Gasteiger partial charge in [0.1, 0.15) is 11.5 Å². The first-order chi connectivity index (χ1) is 10.4. The Morgan fingerprint density at radius 3 is 2.36 bits per heavy atom. The first kappa shape index (κ1) is 14.0. The van der Waals surface area contributed by atoms with Gasteiger partial charge in [-0.25, -0.2) is 0 Å². The Bertz CT molecular complexity index is 800. The summed E-state index contributed by atoms with van der Waals surface area (Å²) in [5.74, 6) is 0.343. The Morgan fingerprint density at radius 1 is 1.00 bits per heavy atom. The highest BCUT2D eigenvalue weighted by Gasteiger charge is 2.30. The summed E-state index contributed by atoms with van der Waals surface area (Å²) >= 11 is 0. The molecule has 2 heterocycles. The van der Waals surface area contributed by atoms with E-state index in [9.17, 15) is 13.2 Å². The first-order valence-corrected chi connectivity index (χ1v) is 5.96. The van der Waals surface area contributed by atoms with E-state index in [4.69, 9.17) is 15.0 Å². The highest BCUT2D eigenvalue weighted by molar-refractivity contribution is 5.84. The fourth-order valence-corrected chi connectivity index (χ4v) is 1.72. The van der Waals surface area contributed by atoms with E-state index in [-0.39, 0.29) is 28.9 Å². The SMILES string of the molecule is Nc1noc2nc(Oc3ccc(OC(F)(F)F)cc3)ccc12. The summed E-state index contributed by atoms with van der Waals surface area (Å²) in [6.07, 6.45) is -4.73. The average Bonchev–Trinajstić information content (AvgIpc) is 2.81. The minimum atomic E-state index is -4.73. The van der Waals surface area contributed by atoms with E-state index in [1.54, 1.807) is 6.07 Å². The zero-order valence-corrected chi connectivity index (χ0v) is 10.8. The Labute approximate surface area is 121 Å². The van der Waals surface area contributed by atoms with Gasteiger partial charge in [0.15, 0.2) is 5.82 Å².